The van der Waals surface area contributed by atoms with Crippen molar-refractivity contribution in [3.8, 4) is 11.5 Å². The number of fused-ring (bicyclic) bond motifs is 1. The Morgan fingerprint density at radius 3 is 2.18 bits per heavy atom. The number of esters is 3. The molecule has 0 bridgehead atoms. The van der Waals surface area contributed by atoms with Crippen molar-refractivity contribution in [3.05, 3.63) is 119 Å². The maximum Gasteiger partial charge on any atom is 0.356 e. The summed E-state index contributed by atoms with van der Waals surface area (Å²) >= 11 is 1.48. The number of carbonyl (C=O) groups excluding carboxylic acids is 4. The standard InChI is InChI=1S/C34H32N2O8S/c1-21(37)42-27-16-15-23(18-28(27)43-22(2)38)19-41-17-9-14-26-20-45-33-29(35)32(39)36(33)30(26)34(40)44-31(24-10-5-3-6-11-24)25-12-7-4-8-13-25/h3-16,18,29,31,33H,17,19-20,35H2,1-2H3/t29?,33-/m0/s1. The number of β-lactam (4-membered cyclic amide) rings is 1. The minimum Gasteiger partial charge on any atom is -0.448 e. The molecule has 1 fully saturated rings. The summed E-state index contributed by atoms with van der Waals surface area (Å²) in [6.07, 6.45) is 2.83. The van der Waals surface area contributed by atoms with Crippen LogP contribution in [0.5, 0.6) is 11.5 Å². The number of amides is 1. The van der Waals surface area contributed by atoms with Crippen molar-refractivity contribution in [1.29, 1.82) is 0 Å². The number of hydrogen-bond acceptors (Lipinski definition) is 10. The normalized spacial score (nSPS) is 17.6. The van der Waals surface area contributed by atoms with E-state index in [1.54, 1.807) is 24.3 Å². The molecule has 1 unspecified atom stereocenters. The number of ether oxygens (including phenoxy) is 4. The molecule has 0 radical (unpaired) electrons. The van der Waals surface area contributed by atoms with Crippen LogP contribution >= 0.6 is 11.8 Å². The summed E-state index contributed by atoms with van der Waals surface area (Å²) in [5.41, 5.74) is 9.13. The molecular weight excluding hydrogens is 596 g/mol. The molecule has 2 aliphatic heterocycles. The van der Waals surface area contributed by atoms with E-state index in [4.69, 9.17) is 24.7 Å². The molecule has 2 heterocycles. The molecule has 3 aromatic carbocycles. The van der Waals surface area contributed by atoms with Gasteiger partial charge in [-0.1, -0.05) is 78.9 Å². The zero-order valence-corrected chi connectivity index (χ0v) is 25.5. The van der Waals surface area contributed by atoms with Gasteiger partial charge in [0.1, 0.15) is 17.1 Å². The Labute approximate surface area is 264 Å². The molecule has 10 nitrogen and oxygen atoms in total. The summed E-state index contributed by atoms with van der Waals surface area (Å²) < 4.78 is 22.2. The lowest BCUT2D eigenvalue weighted by atomic mass is 10.0. The van der Waals surface area contributed by atoms with E-state index in [1.807, 2.05) is 60.7 Å². The van der Waals surface area contributed by atoms with E-state index >= 15 is 0 Å². The van der Waals surface area contributed by atoms with Gasteiger partial charge in [0, 0.05) is 19.6 Å². The van der Waals surface area contributed by atoms with Gasteiger partial charge in [-0.25, -0.2) is 4.79 Å². The largest absolute Gasteiger partial charge is 0.448 e. The third-order valence-corrected chi connectivity index (χ3v) is 8.30. The summed E-state index contributed by atoms with van der Waals surface area (Å²) in [4.78, 5) is 51.0. The van der Waals surface area contributed by atoms with E-state index in [0.29, 0.717) is 16.9 Å². The first-order valence-electron chi connectivity index (χ1n) is 14.2. The van der Waals surface area contributed by atoms with Crippen LogP contribution in [-0.4, -0.2) is 52.5 Å². The molecule has 45 heavy (non-hydrogen) atoms. The number of benzene rings is 3. The number of thioether (sulfide) groups is 1. The summed E-state index contributed by atoms with van der Waals surface area (Å²) in [5, 5.41) is -0.346. The third kappa shape index (κ3) is 7.51. The maximum atomic E-state index is 13.8. The SMILES string of the molecule is CC(=O)Oc1ccc(COCC=CC2=C(C(=O)OC(c3ccccc3)c3ccccc3)N3C(=O)C(N)[C@@H]3SC2)cc1OC(C)=O. The van der Waals surface area contributed by atoms with Gasteiger partial charge in [-0.2, -0.15) is 0 Å². The Hall–Kier alpha value is -4.71. The number of nitrogens with zero attached hydrogens (tertiary/aromatic N) is 1. The van der Waals surface area contributed by atoms with Crippen molar-refractivity contribution >= 4 is 35.6 Å². The van der Waals surface area contributed by atoms with Crippen molar-refractivity contribution in [1.82, 2.24) is 4.90 Å². The molecule has 232 valence electrons. The number of nitrogens with two attached hydrogens (primary N) is 1. The first kappa shape index (κ1) is 31.7. The minimum absolute atomic E-state index is 0.109. The lowest BCUT2D eigenvalue weighted by molar-refractivity contribution is -0.153. The molecule has 0 aromatic heterocycles. The van der Waals surface area contributed by atoms with Crippen LogP contribution in [0.3, 0.4) is 0 Å². The number of allylic oxidation sites excluding steroid dienone is 1. The zero-order chi connectivity index (χ0) is 31.9. The van der Waals surface area contributed by atoms with Crippen molar-refractivity contribution in [3.63, 3.8) is 0 Å². The van der Waals surface area contributed by atoms with Crippen molar-refractivity contribution < 1.29 is 38.1 Å². The molecule has 11 heteroatoms. The van der Waals surface area contributed by atoms with E-state index < -0.39 is 30.1 Å². The molecule has 5 rings (SSSR count). The van der Waals surface area contributed by atoms with Gasteiger partial charge < -0.3 is 24.7 Å². The molecule has 0 saturated carbocycles. The van der Waals surface area contributed by atoms with Crippen LogP contribution in [0.25, 0.3) is 0 Å². The minimum atomic E-state index is -0.685. The van der Waals surface area contributed by atoms with Gasteiger partial charge in [0.05, 0.1) is 13.2 Å². The molecule has 2 N–H and O–H groups in total. The van der Waals surface area contributed by atoms with E-state index in [2.05, 4.69) is 0 Å². The predicted molar refractivity (Wildman–Crippen MR) is 167 cm³/mol. The number of rotatable bonds is 11. The number of hydrogen-bond donors (Lipinski definition) is 1. The second kappa shape index (κ2) is 14.4. The van der Waals surface area contributed by atoms with Gasteiger partial charge in [0.15, 0.2) is 17.6 Å². The summed E-state index contributed by atoms with van der Waals surface area (Å²) in [7, 11) is 0. The summed E-state index contributed by atoms with van der Waals surface area (Å²) in [5.74, 6) is -1.36. The van der Waals surface area contributed by atoms with Crippen LogP contribution in [0.15, 0.2) is 102 Å². The van der Waals surface area contributed by atoms with E-state index in [0.717, 1.165) is 11.1 Å². The highest BCUT2D eigenvalue weighted by molar-refractivity contribution is 8.00. The van der Waals surface area contributed by atoms with Gasteiger partial charge in [-0.3, -0.25) is 19.3 Å². The van der Waals surface area contributed by atoms with E-state index in [1.165, 1.54) is 36.6 Å². The summed E-state index contributed by atoms with van der Waals surface area (Å²) in [6.45, 7) is 2.85. The second-order valence-electron chi connectivity index (χ2n) is 10.3. The predicted octanol–water partition coefficient (Wildman–Crippen LogP) is 4.44. The highest BCUT2D eigenvalue weighted by atomic mass is 32.2. The fourth-order valence-corrected chi connectivity index (χ4v) is 6.22. The van der Waals surface area contributed by atoms with Crippen molar-refractivity contribution in [2.24, 2.45) is 5.73 Å². The average molecular weight is 629 g/mol. The Bertz CT molecular complexity index is 1600. The van der Waals surface area contributed by atoms with Gasteiger partial charge in [-0.15, -0.1) is 11.8 Å². The van der Waals surface area contributed by atoms with Crippen LogP contribution in [0.2, 0.25) is 0 Å². The molecule has 3 aromatic rings. The molecule has 0 spiro atoms. The monoisotopic (exact) mass is 628 g/mol. The van der Waals surface area contributed by atoms with Crippen LogP contribution < -0.4 is 15.2 Å². The maximum absolute atomic E-state index is 13.8. The smallest absolute Gasteiger partial charge is 0.356 e. The first-order chi connectivity index (χ1) is 21.7. The molecule has 0 aliphatic carbocycles. The van der Waals surface area contributed by atoms with E-state index in [-0.39, 0.29) is 41.7 Å². The Morgan fingerprint density at radius 2 is 1.56 bits per heavy atom. The lowest BCUT2D eigenvalue weighted by Crippen LogP contribution is -2.68. The van der Waals surface area contributed by atoms with Gasteiger partial charge >= 0.3 is 17.9 Å². The first-order valence-corrected chi connectivity index (χ1v) is 15.3. The van der Waals surface area contributed by atoms with Crippen LogP contribution in [0.1, 0.15) is 36.6 Å². The topological polar surface area (TPSA) is 134 Å². The molecule has 1 saturated heterocycles. The Morgan fingerprint density at radius 1 is 0.933 bits per heavy atom. The fourth-order valence-electron chi connectivity index (χ4n) is 4.96. The summed E-state index contributed by atoms with van der Waals surface area (Å²) in [6, 6.07) is 22.9. The Balaban J connectivity index is 1.32. The van der Waals surface area contributed by atoms with Crippen LogP contribution in [0, 0.1) is 0 Å². The molecular formula is C34H32N2O8S. The van der Waals surface area contributed by atoms with Crippen molar-refractivity contribution in [2.75, 3.05) is 12.4 Å². The van der Waals surface area contributed by atoms with Crippen LogP contribution in [0.4, 0.5) is 0 Å². The van der Waals surface area contributed by atoms with Crippen molar-refractivity contribution in [2.45, 2.75) is 38.0 Å². The fraction of sp³-hybridized carbons (Fsp3) is 0.235. The zero-order valence-electron chi connectivity index (χ0n) is 24.7. The highest BCUT2D eigenvalue weighted by Gasteiger charge is 2.52. The van der Waals surface area contributed by atoms with Gasteiger partial charge in [0.2, 0.25) is 5.91 Å². The highest BCUT2D eigenvalue weighted by Crippen LogP contribution is 2.41. The van der Waals surface area contributed by atoms with Gasteiger partial charge in [0.25, 0.3) is 0 Å². The lowest BCUT2D eigenvalue weighted by Gasteiger charge is -2.48. The number of carbonyl (C=O) groups is 4. The van der Waals surface area contributed by atoms with Crippen LogP contribution in [-0.2, 0) is 35.3 Å². The molecule has 2 atom stereocenters. The molecule has 1 amide bonds. The average Bonchev–Trinajstić information content (AvgIpc) is 3.04. The quantitative estimate of drug-likeness (QED) is 0.141. The third-order valence-electron chi connectivity index (χ3n) is 6.98. The van der Waals surface area contributed by atoms with Gasteiger partial charge in [-0.05, 0) is 34.4 Å². The Kier molecular flexibility index (Phi) is 10.1. The molecule has 2 aliphatic rings. The van der Waals surface area contributed by atoms with E-state index in [9.17, 15) is 19.2 Å². The second-order valence-corrected chi connectivity index (χ2v) is 11.4.